The molecule has 0 radical (unpaired) electrons. The molecular weight excluding hydrogens is 292 g/mol. The van der Waals surface area contributed by atoms with Gasteiger partial charge in [0.15, 0.2) is 11.5 Å². The van der Waals surface area contributed by atoms with E-state index in [1.54, 1.807) is 33.5 Å². The molecule has 2 rings (SSSR count). The van der Waals surface area contributed by atoms with E-state index in [-0.39, 0.29) is 5.91 Å². The molecule has 5 nitrogen and oxygen atoms in total. The highest BCUT2D eigenvalue weighted by molar-refractivity contribution is 5.92. The van der Waals surface area contributed by atoms with E-state index in [1.165, 1.54) is 11.0 Å². The Morgan fingerprint density at radius 2 is 2.04 bits per heavy atom. The van der Waals surface area contributed by atoms with Gasteiger partial charge in [0, 0.05) is 31.9 Å². The highest BCUT2D eigenvalue weighted by Crippen LogP contribution is 2.32. The van der Waals surface area contributed by atoms with Crippen LogP contribution in [0.15, 0.2) is 48.7 Å². The van der Waals surface area contributed by atoms with E-state index < -0.39 is 0 Å². The van der Waals surface area contributed by atoms with E-state index >= 15 is 0 Å². The Bertz CT molecular complexity index is 682. The number of methoxy groups -OCH3 is 1. The number of amides is 1. The van der Waals surface area contributed by atoms with E-state index in [1.807, 2.05) is 36.4 Å². The smallest absolute Gasteiger partial charge is 0.246 e. The van der Waals surface area contributed by atoms with E-state index in [0.29, 0.717) is 18.1 Å². The van der Waals surface area contributed by atoms with Crippen LogP contribution >= 0.6 is 0 Å². The Hall–Kier alpha value is -2.82. The van der Waals surface area contributed by atoms with Crippen LogP contribution in [0.4, 0.5) is 0 Å². The summed E-state index contributed by atoms with van der Waals surface area (Å²) in [5.74, 6) is 1.10. The molecule has 1 aromatic heterocycles. The van der Waals surface area contributed by atoms with Crippen LogP contribution in [0.1, 0.15) is 11.3 Å². The quantitative estimate of drug-likeness (QED) is 0.770. The molecule has 120 valence electrons. The second kappa shape index (κ2) is 7.98. The average molecular weight is 312 g/mol. The average Bonchev–Trinajstić information content (AvgIpc) is 2.58. The van der Waals surface area contributed by atoms with Crippen molar-refractivity contribution < 1.29 is 14.3 Å². The summed E-state index contributed by atoms with van der Waals surface area (Å²) in [5, 5.41) is 0. The minimum Gasteiger partial charge on any atom is -0.493 e. The first-order chi connectivity index (χ1) is 11.1. The van der Waals surface area contributed by atoms with Gasteiger partial charge in [0.1, 0.15) is 6.61 Å². The zero-order valence-electron chi connectivity index (χ0n) is 13.5. The van der Waals surface area contributed by atoms with Crippen molar-refractivity contribution in [1.29, 1.82) is 0 Å². The first-order valence-corrected chi connectivity index (χ1v) is 7.21. The van der Waals surface area contributed by atoms with Crippen molar-refractivity contribution in [3.63, 3.8) is 0 Å². The third-order valence-corrected chi connectivity index (χ3v) is 3.17. The molecule has 5 heteroatoms. The SMILES string of the molecule is COc1cccc(/C=C/C(=O)N(C)C)c1OCc1ccccn1. The molecule has 0 saturated carbocycles. The van der Waals surface area contributed by atoms with Crippen LogP contribution in [0.2, 0.25) is 0 Å². The summed E-state index contributed by atoms with van der Waals surface area (Å²) in [6.07, 6.45) is 4.94. The van der Waals surface area contributed by atoms with E-state index in [2.05, 4.69) is 4.98 Å². The molecule has 0 atom stereocenters. The maximum atomic E-state index is 11.7. The zero-order chi connectivity index (χ0) is 16.7. The molecule has 0 fully saturated rings. The standard InChI is InChI=1S/C18H20N2O3/c1-20(2)17(21)11-10-14-7-6-9-16(22-3)18(14)23-13-15-8-4-5-12-19-15/h4-12H,13H2,1-3H3/b11-10+. The summed E-state index contributed by atoms with van der Waals surface area (Å²) in [4.78, 5) is 17.5. The molecule has 23 heavy (non-hydrogen) atoms. The van der Waals surface area contributed by atoms with E-state index in [4.69, 9.17) is 9.47 Å². The van der Waals surface area contributed by atoms with Crippen LogP contribution in [0.5, 0.6) is 11.5 Å². The summed E-state index contributed by atoms with van der Waals surface area (Å²) < 4.78 is 11.2. The maximum Gasteiger partial charge on any atom is 0.246 e. The number of ether oxygens (including phenoxy) is 2. The fourth-order valence-electron chi connectivity index (χ4n) is 1.92. The van der Waals surface area contributed by atoms with Crippen LogP contribution in [-0.2, 0) is 11.4 Å². The molecule has 0 saturated heterocycles. The Morgan fingerprint density at radius 1 is 1.22 bits per heavy atom. The number of nitrogens with zero attached hydrogens (tertiary/aromatic N) is 2. The van der Waals surface area contributed by atoms with Crippen molar-refractivity contribution >= 4 is 12.0 Å². The number of carbonyl (C=O) groups excluding carboxylic acids is 1. The van der Waals surface area contributed by atoms with Gasteiger partial charge in [-0.25, -0.2) is 0 Å². The number of pyridine rings is 1. The Labute approximate surface area is 136 Å². The lowest BCUT2D eigenvalue weighted by Gasteiger charge is -2.13. The first-order valence-electron chi connectivity index (χ1n) is 7.21. The van der Waals surface area contributed by atoms with Crippen molar-refractivity contribution in [3.05, 3.63) is 59.9 Å². The monoisotopic (exact) mass is 312 g/mol. The molecule has 0 spiro atoms. The van der Waals surface area contributed by atoms with Gasteiger partial charge in [-0.2, -0.15) is 0 Å². The molecule has 1 aromatic carbocycles. The lowest BCUT2D eigenvalue weighted by molar-refractivity contribution is -0.123. The minimum absolute atomic E-state index is 0.0940. The van der Waals surface area contributed by atoms with E-state index in [9.17, 15) is 4.79 Å². The molecule has 0 aliphatic carbocycles. The van der Waals surface area contributed by atoms with Gasteiger partial charge in [-0.1, -0.05) is 18.2 Å². The van der Waals surface area contributed by atoms with Crippen LogP contribution < -0.4 is 9.47 Å². The third kappa shape index (κ3) is 4.57. The first kappa shape index (κ1) is 16.5. The molecule has 0 aliphatic rings. The number of hydrogen-bond donors (Lipinski definition) is 0. The number of para-hydroxylation sites is 1. The van der Waals surface area contributed by atoms with Gasteiger partial charge in [0.2, 0.25) is 5.91 Å². The predicted molar refractivity (Wildman–Crippen MR) is 89.3 cm³/mol. The number of benzene rings is 1. The van der Waals surface area contributed by atoms with Crippen LogP contribution in [0.3, 0.4) is 0 Å². The Morgan fingerprint density at radius 3 is 2.70 bits per heavy atom. The van der Waals surface area contributed by atoms with Gasteiger partial charge in [0.25, 0.3) is 0 Å². The number of likely N-dealkylation sites (N-methyl/N-ethyl adjacent to an activating group) is 1. The number of hydrogen-bond acceptors (Lipinski definition) is 4. The highest BCUT2D eigenvalue weighted by Gasteiger charge is 2.10. The predicted octanol–water partition coefficient (Wildman–Crippen LogP) is 2.77. The zero-order valence-corrected chi connectivity index (χ0v) is 13.5. The fraction of sp³-hybridized carbons (Fsp3) is 0.222. The van der Waals surface area contributed by atoms with Crippen molar-refractivity contribution in [2.45, 2.75) is 6.61 Å². The minimum atomic E-state index is -0.0940. The summed E-state index contributed by atoms with van der Waals surface area (Å²) >= 11 is 0. The van der Waals surface area contributed by atoms with Crippen molar-refractivity contribution in [3.8, 4) is 11.5 Å². The van der Waals surface area contributed by atoms with Crippen molar-refractivity contribution in [2.75, 3.05) is 21.2 Å². The molecule has 0 N–H and O–H groups in total. The van der Waals surface area contributed by atoms with Gasteiger partial charge in [-0.3, -0.25) is 9.78 Å². The van der Waals surface area contributed by atoms with Gasteiger partial charge in [-0.05, 0) is 24.3 Å². The number of carbonyl (C=O) groups is 1. The number of rotatable bonds is 6. The van der Waals surface area contributed by atoms with Crippen molar-refractivity contribution in [2.24, 2.45) is 0 Å². The summed E-state index contributed by atoms with van der Waals surface area (Å²) in [6.45, 7) is 0.323. The molecule has 2 aromatic rings. The summed E-state index contributed by atoms with van der Waals surface area (Å²) in [6, 6.07) is 11.2. The molecule has 0 aliphatic heterocycles. The van der Waals surface area contributed by atoms with Crippen molar-refractivity contribution in [1.82, 2.24) is 9.88 Å². The molecule has 1 amide bonds. The van der Waals surface area contributed by atoms with Crippen LogP contribution in [-0.4, -0.2) is 37.0 Å². The fourth-order valence-corrected chi connectivity index (χ4v) is 1.92. The van der Waals surface area contributed by atoms with Crippen LogP contribution in [0.25, 0.3) is 6.08 Å². The van der Waals surface area contributed by atoms with Gasteiger partial charge >= 0.3 is 0 Å². The molecular formula is C18H20N2O3. The summed E-state index contributed by atoms with van der Waals surface area (Å²) in [7, 11) is 4.99. The molecule has 0 unspecified atom stereocenters. The summed E-state index contributed by atoms with van der Waals surface area (Å²) in [5.41, 5.74) is 1.59. The molecule has 1 heterocycles. The Kier molecular flexibility index (Phi) is 5.74. The maximum absolute atomic E-state index is 11.7. The van der Waals surface area contributed by atoms with Gasteiger partial charge < -0.3 is 14.4 Å². The highest BCUT2D eigenvalue weighted by atomic mass is 16.5. The van der Waals surface area contributed by atoms with E-state index in [0.717, 1.165) is 11.3 Å². The lowest BCUT2D eigenvalue weighted by atomic mass is 10.1. The van der Waals surface area contributed by atoms with Gasteiger partial charge in [0.05, 0.1) is 12.8 Å². The second-order valence-electron chi connectivity index (χ2n) is 5.05. The topological polar surface area (TPSA) is 51.7 Å². The lowest BCUT2D eigenvalue weighted by Crippen LogP contribution is -2.18. The molecule has 0 bridgehead atoms. The third-order valence-electron chi connectivity index (χ3n) is 3.17. The normalized spacial score (nSPS) is 10.6. The Balaban J connectivity index is 2.23. The van der Waals surface area contributed by atoms with Gasteiger partial charge in [-0.15, -0.1) is 0 Å². The number of aromatic nitrogens is 1. The largest absolute Gasteiger partial charge is 0.493 e. The second-order valence-corrected chi connectivity index (χ2v) is 5.05. The van der Waals surface area contributed by atoms with Crippen LogP contribution in [0, 0.1) is 0 Å².